The summed E-state index contributed by atoms with van der Waals surface area (Å²) in [7, 11) is 2.06. The molecule has 0 atom stereocenters. The fraction of sp³-hybridized carbons (Fsp3) is 0.294. The molecule has 1 fully saturated rings. The first-order valence-electron chi connectivity index (χ1n) is 7.70. The monoisotopic (exact) mass is 332 g/mol. The first-order chi connectivity index (χ1) is 11.5. The van der Waals surface area contributed by atoms with Gasteiger partial charge in [0.1, 0.15) is 23.1 Å². The SMILES string of the molecule is CN1CCN(c2cccc(C(=O)Nc3cc(F)ccc3F)n2)CC1. The van der Waals surface area contributed by atoms with Crippen LogP contribution < -0.4 is 10.2 Å². The quantitative estimate of drug-likeness (QED) is 0.937. The molecule has 2 heterocycles. The summed E-state index contributed by atoms with van der Waals surface area (Å²) in [6.07, 6.45) is 0. The number of nitrogens with one attached hydrogen (secondary N) is 1. The van der Waals surface area contributed by atoms with Crippen LogP contribution in [0, 0.1) is 11.6 Å². The van der Waals surface area contributed by atoms with Gasteiger partial charge in [0.15, 0.2) is 0 Å². The molecular formula is C17H18F2N4O. The number of halogens is 2. The lowest BCUT2D eigenvalue weighted by atomic mass is 10.2. The molecular weight excluding hydrogens is 314 g/mol. The van der Waals surface area contributed by atoms with Gasteiger partial charge in [-0.1, -0.05) is 6.07 Å². The molecule has 0 spiro atoms. The Bertz CT molecular complexity index is 745. The molecule has 0 saturated carbocycles. The van der Waals surface area contributed by atoms with Gasteiger partial charge in [0.05, 0.1) is 5.69 Å². The van der Waals surface area contributed by atoms with Crippen molar-refractivity contribution in [1.82, 2.24) is 9.88 Å². The maximum Gasteiger partial charge on any atom is 0.274 e. The van der Waals surface area contributed by atoms with Gasteiger partial charge in [-0.05, 0) is 31.3 Å². The summed E-state index contributed by atoms with van der Waals surface area (Å²) in [6.45, 7) is 3.50. The maximum absolute atomic E-state index is 13.6. The van der Waals surface area contributed by atoms with E-state index in [1.807, 2.05) is 6.07 Å². The molecule has 0 aliphatic carbocycles. The van der Waals surface area contributed by atoms with E-state index in [9.17, 15) is 13.6 Å². The molecule has 7 heteroatoms. The zero-order chi connectivity index (χ0) is 17.1. The van der Waals surface area contributed by atoms with Crippen molar-refractivity contribution < 1.29 is 13.6 Å². The smallest absolute Gasteiger partial charge is 0.274 e. The number of hydrogen-bond acceptors (Lipinski definition) is 4. The molecule has 1 aromatic carbocycles. The second-order valence-electron chi connectivity index (χ2n) is 5.75. The molecule has 3 rings (SSSR count). The first kappa shape index (κ1) is 16.3. The number of pyridine rings is 1. The Kier molecular flexibility index (Phi) is 4.71. The average molecular weight is 332 g/mol. The molecule has 2 aromatic rings. The van der Waals surface area contributed by atoms with Crippen LogP contribution in [0.25, 0.3) is 0 Å². The van der Waals surface area contributed by atoms with E-state index in [-0.39, 0.29) is 11.4 Å². The van der Waals surface area contributed by atoms with Crippen molar-refractivity contribution in [2.75, 3.05) is 43.4 Å². The highest BCUT2D eigenvalue weighted by molar-refractivity contribution is 6.03. The molecule has 5 nitrogen and oxygen atoms in total. The summed E-state index contributed by atoms with van der Waals surface area (Å²) in [4.78, 5) is 20.9. The molecule has 1 aromatic heterocycles. The summed E-state index contributed by atoms with van der Waals surface area (Å²) in [5.41, 5.74) is -0.0399. The van der Waals surface area contributed by atoms with Gasteiger partial charge in [-0.25, -0.2) is 13.8 Å². The van der Waals surface area contributed by atoms with Gasteiger partial charge >= 0.3 is 0 Å². The number of aromatic nitrogens is 1. The molecule has 126 valence electrons. The van der Waals surface area contributed by atoms with Gasteiger partial charge in [0.25, 0.3) is 5.91 Å². The van der Waals surface area contributed by atoms with Gasteiger partial charge in [0, 0.05) is 32.2 Å². The molecule has 0 radical (unpaired) electrons. The topological polar surface area (TPSA) is 48.5 Å². The third kappa shape index (κ3) is 3.68. The van der Waals surface area contributed by atoms with Crippen molar-refractivity contribution >= 4 is 17.4 Å². The maximum atomic E-state index is 13.6. The highest BCUT2D eigenvalue weighted by Crippen LogP contribution is 2.18. The Labute approximate surface area is 138 Å². The van der Waals surface area contributed by atoms with Crippen LogP contribution in [0.15, 0.2) is 36.4 Å². The third-order valence-corrected chi connectivity index (χ3v) is 3.97. The standard InChI is InChI=1S/C17H18F2N4O/c1-22-7-9-23(10-8-22)16-4-2-3-14(20-16)17(24)21-15-11-12(18)5-6-13(15)19/h2-6,11H,7-10H2,1H3,(H,21,24). The second kappa shape index (κ2) is 6.92. The van der Waals surface area contributed by atoms with Crippen LogP contribution in [-0.4, -0.2) is 49.0 Å². The molecule has 1 aliphatic heterocycles. The van der Waals surface area contributed by atoms with Crippen LogP contribution in [-0.2, 0) is 0 Å². The highest BCUT2D eigenvalue weighted by Gasteiger charge is 2.17. The van der Waals surface area contributed by atoms with Gasteiger partial charge in [-0.2, -0.15) is 0 Å². The lowest BCUT2D eigenvalue weighted by molar-refractivity contribution is 0.102. The van der Waals surface area contributed by atoms with Crippen molar-refractivity contribution in [2.45, 2.75) is 0 Å². The van der Waals surface area contributed by atoms with E-state index < -0.39 is 17.5 Å². The Balaban J connectivity index is 1.76. The summed E-state index contributed by atoms with van der Waals surface area (Å²) < 4.78 is 26.8. The van der Waals surface area contributed by atoms with E-state index >= 15 is 0 Å². The Morgan fingerprint density at radius 3 is 2.62 bits per heavy atom. The van der Waals surface area contributed by atoms with E-state index in [1.54, 1.807) is 12.1 Å². The molecule has 0 unspecified atom stereocenters. The lowest BCUT2D eigenvalue weighted by Crippen LogP contribution is -2.44. The number of anilines is 2. The predicted octanol–water partition coefficient (Wildman–Crippen LogP) is 2.36. The fourth-order valence-electron chi connectivity index (χ4n) is 2.54. The van der Waals surface area contributed by atoms with Crippen molar-refractivity contribution in [3.63, 3.8) is 0 Å². The number of benzene rings is 1. The van der Waals surface area contributed by atoms with Gasteiger partial charge < -0.3 is 15.1 Å². The Morgan fingerprint density at radius 2 is 1.88 bits per heavy atom. The number of rotatable bonds is 3. The highest BCUT2D eigenvalue weighted by atomic mass is 19.1. The van der Waals surface area contributed by atoms with Crippen molar-refractivity contribution in [3.05, 3.63) is 53.7 Å². The van der Waals surface area contributed by atoms with Crippen LogP contribution >= 0.6 is 0 Å². The summed E-state index contributed by atoms with van der Waals surface area (Å²) >= 11 is 0. The molecule has 1 N–H and O–H groups in total. The van der Waals surface area contributed by atoms with E-state index in [0.29, 0.717) is 5.82 Å². The number of nitrogens with zero attached hydrogens (tertiary/aromatic N) is 3. The largest absolute Gasteiger partial charge is 0.354 e. The zero-order valence-corrected chi connectivity index (χ0v) is 13.3. The molecule has 1 aliphatic rings. The van der Waals surface area contributed by atoms with E-state index in [0.717, 1.165) is 44.4 Å². The summed E-state index contributed by atoms with van der Waals surface area (Å²) in [5, 5.41) is 2.36. The third-order valence-electron chi connectivity index (χ3n) is 3.97. The van der Waals surface area contributed by atoms with Crippen LogP contribution in [0.2, 0.25) is 0 Å². The zero-order valence-electron chi connectivity index (χ0n) is 13.3. The number of likely N-dealkylation sites (N-methyl/N-ethyl adjacent to an activating group) is 1. The number of carbonyl (C=O) groups excluding carboxylic acids is 1. The number of hydrogen-bond donors (Lipinski definition) is 1. The number of piperazine rings is 1. The first-order valence-corrected chi connectivity index (χ1v) is 7.70. The molecule has 0 bridgehead atoms. The van der Waals surface area contributed by atoms with Crippen LogP contribution in [0.5, 0.6) is 0 Å². The van der Waals surface area contributed by atoms with Crippen molar-refractivity contribution in [3.8, 4) is 0 Å². The molecule has 1 saturated heterocycles. The number of carbonyl (C=O) groups is 1. The fourth-order valence-corrected chi connectivity index (χ4v) is 2.54. The van der Waals surface area contributed by atoms with Gasteiger partial charge in [-0.3, -0.25) is 4.79 Å². The van der Waals surface area contributed by atoms with E-state index in [2.05, 4.69) is 27.1 Å². The average Bonchev–Trinajstić information content (AvgIpc) is 2.59. The minimum Gasteiger partial charge on any atom is -0.354 e. The summed E-state index contributed by atoms with van der Waals surface area (Å²) in [6, 6.07) is 8.03. The predicted molar refractivity (Wildman–Crippen MR) is 88.3 cm³/mol. The second-order valence-corrected chi connectivity index (χ2v) is 5.75. The Hall–Kier alpha value is -2.54. The van der Waals surface area contributed by atoms with E-state index in [1.165, 1.54) is 0 Å². The van der Waals surface area contributed by atoms with Crippen LogP contribution in [0.3, 0.4) is 0 Å². The Morgan fingerprint density at radius 1 is 1.12 bits per heavy atom. The van der Waals surface area contributed by atoms with Gasteiger partial charge in [-0.15, -0.1) is 0 Å². The van der Waals surface area contributed by atoms with Crippen LogP contribution in [0.1, 0.15) is 10.5 Å². The van der Waals surface area contributed by atoms with E-state index in [4.69, 9.17) is 0 Å². The van der Waals surface area contributed by atoms with Crippen molar-refractivity contribution in [1.29, 1.82) is 0 Å². The van der Waals surface area contributed by atoms with Crippen molar-refractivity contribution in [2.24, 2.45) is 0 Å². The van der Waals surface area contributed by atoms with Gasteiger partial charge in [0.2, 0.25) is 0 Å². The minimum absolute atomic E-state index is 0.162. The normalized spacial score (nSPS) is 15.4. The number of amides is 1. The van der Waals surface area contributed by atoms with Crippen LogP contribution in [0.4, 0.5) is 20.3 Å². The minimum atomic E-state index is -0.694. The molecule has 1 amide bonds. The lowest BCUT2D eigenvalue weighted by Gasteiger charge is -2.33. The molecule has 24 heavy (non-hydrogen) atoms. The summed E-state index contributed by atoms with van der Waals surface area (Å²) in [5.74, 6) is -1.18.